The molecule has 1 atom stereocenters. The van der Waals surface area contributed by atoms with Crippen LogP contribution in [0.4, 0.5) is 8.78 Å². The normalized spacial score (nSPS) is 15.9. The molecule has 5 aromatic rings. The highest BCUT2D eigenvalue weighted by Gasteiger charge is 2.41. The first-order valence-electron chi connectivity index (χ1n) is 10.5. The zero-order valence-electron chi connectivity index (χ0n) is 17.8. The van der Waals surface area contributed by atoms with Crippen molar-refractivity contribution in [2.45, 2.75) is 18.9 Å². The molecule has 10 nitrogen and oxygen atoms in total. The van der Waals surface area contributed by atoms with E-state index < -0.39 is 29.8 Å². The van der Waals surface area contributed by atoms with Crippen LogP contribution in [0.5, 0.6) is 0 Å². The molecule has 4 aromatic heterocycles. The Morgan fingerprint density at radius 2 is 2.09 bits per heavy atom. The number of benzene rings is 1. The first-order chi connectivity index (χ1) is 16.5. The molecule has 1 N–H and O–H groups in total. The number of fused-ring (bicyclic) bond motifs is 2. The Hall–Kier alpha value is -4.35. The van der Waals surface area contributed by atoms with Gasteiger partial charge in [-0.15, -0.1) is 0 Å². The molecule has 0 fully saturated rings. The molecule has 0 radical (unpaired) electrons. The molecule has 0 saturated heterocycles. The minimum absolute atomic E-state index is 0.109. The predicted molar refractivity (Wildman–Crippen MR) is 113 cm³/mol. The average Bonchev–Trinajstić information content (AvgIpc) is 3.62. The zero-order valence-corrected chi connectivity index (χ0v) is 17.8. The number of para-hydroxylation sites is 2. The predicted octanol–water partition coefficient (Wildman–Crippen LogP) is 3.66. The molecule has 0 aliphatic carbocycles. The molecule has 1 aromatic carbocycles. The number of H-pyrrole nitrogens is 1. The molecule has 0 spiro atoms. The van der Waals surface area contributed by atoms with Crippen LogP contribution in [0.15, 0.2) is 51.8 Å². The molecule has 172 valence electrons. The summed E-state index contributed by atoms with van der Waals surface area (Å²) in [4.78, 5) is 30.9. The van der Waals surface area contributed by atoms with E-state index >= 15 is 0 Å². The fourth-order valence-corrected chi connectivity index (χ4v) is 4.17. The van der Waals surface area contributed by atoms with Crippen molar-refractivity contribution in [2.75, 3.05) is 6.54 Å². The van der Waals surface area contributed by atoms with Gasteiger partial charge in [0.05, 0.1) is 23.8 Å². The molecule has 0 unspecified atom stereocenters. The third-order valence-electron chi connectivity index (χ3n) is 5.74. The van der Waals surface area contributed by atoms with E-state index in [1.807, 2.05) is 12.1 Å². The third-order valence-corrected chi connectivity index (χ3v) is 5.74. The Kier molecular flexibility index (Phi) is 4.54. The standard InChI is InChI=1S/C22H17F2N7O3/c1-30-9-11(8-27-30)20-29-16(19(23)24)18(34-20)22(32)31-7-6-13-15(26-10-25-13)17(31)21-28-12-4-2-3-5-14(12)33-21/h2-5,8-10,17,19H,6-7H2,1H3,(H,25,26)/t17-/m0/s1. The summed E-state index contributed by atoms with van der Waals surface area (Å²) in [6.07, 6.45) is 1.95. The van der Waals surface area contributed by atoms with Crippen LogP contribution in [0, 0.1) is 0 Å². The highest BCUT2D eigenvalue weighted by Crippen LogP contribution is 2.37. The van der Waals surface area contributed by atoms with E-state index in [-0.39, 0.29) is 18.3 Å². The van der Waals surface area contributed by atoms with Crippen LogP contribution >= 0.6 is 0 Å². The van der Waals surface area contributed by atoms with Crippen LogP contribution in [0.3, 0.4) is 0 Å². The highest BCUT2D eigenvalue weighted by atomic mass is 19.3. The number of nitrogens with one attached hydrogen (secondary N) is 1. The maximum Gasteiger partial charge on any atom is 0.292 e. The summed E-state index contributed by atoms with van der Waals surface area (Å²) in [6, 6.07) is 6.35. The molecule has 5 heterocycles. The summed E-state index contributed by atoms with van der Waals surface area (Å²) in [6.45, 7) is 0.211. The van der Waals surface area contributed by atoms with Gasteiger partial charge in [0.1, 0.15) is 5.52 Å². The van der Waals surface area contributed by atoms with Gasteiger partial charge in [0, 0.05) is 31.9 Å². The van der Waals surface area contributed by atoms with Crippen LogP contribution in [0.25, 0.3) is 22.6 Å². The number of aryl methyl sites for hydroxylation is 1. The Morgan fingerprint density at radius 3 is 2.85 bits per heavy atom. The van der Waals surface area contributed by atoms with E-state index in [1.54, 1.807) is 25.4 Å². The second kappa shape index (κ2) is 7.61. The van der Waals surface area contributed by atoms with E-state index in [2.05, 4.69) is 25.0 Å². The number of imidazole rings is 1. The summed E-state index contributed by atoms with van der Waals surface area (Å²) in [7, 11) is 1.67. The Morgan fingerprint density at radius 1 is 1.24 bits per heavy atom. The van der Waals surface area contributed by atoms with E-state index in [1.165, 1.54) is 22.1 Å². The first kappa shape index (κ1) is 20.3. The summed E-state index contributed by atoms with van der Waals surface area (Å²) in [5.74, 6) is -1.16. The van der Waals surface area contributed by atoms with Gasteiger partial charge in [0.2, 0.25) is 17.5 Å². The van der Waals surface area contributed by atoms with Gasteiger partial charge < -0.3 is 18.7 Å². The summed E-state index contributed by atoms with van der Waals surface area (Å²) in [5.41, 5.74) is 2.16. The number of aromatic nitrogens is 6. The van der Waals surface area contributed by atoms with Gasteiger partial charge in [0.25, 0.3) is 12.3 Å². The number of nitrogens with zero attached hydrogens (tertiary/aromatic N) is 6. The second-order valence-corrected chi connectivity index (χ2v) is 7.87. The molecule has 1 amide bonds. The van der Waals surface area contributed by atoms with Gasteiger partial charge in [-0.3, -0.25) is 9.48 Å². The van der Waals surface area contributed by atoms with Crippen LogP contribution < -0.4 is 0 Å². The lowest BCUT2D eigenvalue weighted by Gasteiger charge is -2.32. The SMILES string of the molecule is Cn1cc(-c2nc(C(F)F)c(C(=O)N3CCc4[nH]cnc4[C@H]3c3nc4ccccc4o3)o2)cn1. The van der Waals surface area contributed by atoms with Gasteiger partial charge in [-0.05, 0) is 12.1 Å². The fourth-order valence-electron chi connectivity index (χ4n) is 4.17. The van der Waals surface area contributed by atoms with E-state index in [4.69, 9.17) is 8.83 Å². The largest absolute Gasteiger partial charge is 0.438 e. The molecule has 12 heteroatoms. The zero-order chi connectivity index (χ0) is 23.4. The molecule has 1 aliphatic rings. The van der Waals surface area contributed by atoms with Crippen molar-refractivity contribution in [3.05, 3.63) is 71.7 Å². The second-order valence-electron chi connectivity index (χ2n) is 7.87. The van der Waals surface area contributed by atoms with Crippen molar-refractivity contribution in [2.24, 2.45) is 7.05 Å². The molecule has 0 bridgehead atoms. The van der Waals surface area contributed by atoms with Crippen LogP contribution in [-0.4, -0.2) is 47.1 Å². The average molecular weight is 465 g/mol. The lowest BCUT2D eigenvalue weighted by Crippen LogP contribution is -2.41. The number of amides is 1. The minimum atomic E-state index is -3.01. The van der Waals surface area contributed by atoms with Crippen LogP contribution in [-0.2, 0) is 13.5 Å². The van der Waals surface area contributed by atoms with E-state index in [0.29, 0.717) is 28.8 Å². The Labute approximate surface area is 190 Å². The number of aromatic amines is 1. The number of hydrogen-bond donors (Lipinski definition) is 1. The van der Waals surface area contributed by atoms with Crippen molar-refractivity contribution in [1.82, 2.24) is 34.6 Å². The molecule has 6 rings (SSSR count). The summed E-state index contributed by atoms with van der Waals surface area (Å²) in [5, 5.41) is 4.00. The van der Waals surface area contributed by atoms with Gasteiger partial charge in [-0.25, -0.2) is 23.7 Å². The third kappa shape index (κ3) is 3.17. The number of hydrogen-bond acceptors (Lipinski definition) is 7. The maximum atomic E-state index is 13.9. The van der Waals surface area contributed by atoms with Gasteiger partial charge in [-0.2, -0.15) is 5.10 Å². The molecule has 34 heavy (non-hydrogen) atoms. The van der Waals surface area contributed by atoms with Gasteiger partial charge >= 0.3 is 0 Å². The molecule has 0 saturated carbocycles. The van der Waals surface area contributed by atoms with Crippen molar-refractivity contribution in [1.29, 1.82) is 0 Å². The lowest BCUT2D eigenvalue weighted by atomic mass is 10.0. The van der Waals surface area contributed by atoms with Gasteiger partial charge in [-0.1, -0.05) is 12.1 Å². The van der Waals surface area contributed by atoms with Crippen molar-refractivity contribution in [3.8, 4) is 11.5 Å². The summed E-state index contributed by atoms with van der Waals surface area (Å²) >= 11 is 0. The van der Waals surface area contributed by atoms with Crippen molar-refractivity contribution < 1.29 is 22.4 Å². The Bertz CT molecular complexity index is 1480. The lowest BCUT2D eigenvalue weighted by molar-refractivity contribution is 0.0621. The number of oxazole rings is 2. The van der Waals surface area contributed by atoms with Crippen molar-refractivity contribution >= 4 is 17.0 Å². The summed E-state index contributed by atoms with van der Waals surface area (Å²) < 4.78 is 40.8. The van der Waals surface area contributed by atoms with Crippen LogP contribution in [0.2, 0.25) is 0 Å². The fraction of sp³-hybridized carbons (Fsp3) is 0.227. The molecule has 1 aliphatic heterocycles. The Balaban J connectivity index is 1.45. The van der Waals surface area contributed by atoms with Crippen LogP contribution in [0.1, 0.15) is 46.0 Å². The highest BCUT2D eigenvalue weighted by molar-refractivity contribution is 5.93. The number of halogens is 2. The maximum absolute atomic E-state index is 13.9. The topological polar surface area (TPSA) is 119 Å². The molecular formula is C22H17F2N7O3. The van der Waals surface area contributed by atoms with Gasteiger partial charge in [0.15, 0.2) is 17.3 Å². The number of carbonyl (C=O) groups excluding carboxylic acids is 1. The monoisotopic (exact) mass is 465 g/mol. The van der Waals surface area contributed by atoms with E-state index in [0.717, 1.165) is 5.69 Å². The number of rotatable bonds is 4. The quantitative estimate of drug-likeness (QED) is 0.430. The smallest absolute Gasteiger partial charge is 0.292 e. The van der Waals surface area contributed by atoms with Crippen molar-refractivity contribution in [3.63, 3.8) is 0 Å². The number of alkyl halides is 2. The van der Waals surface area contributed by atoms with E-state index in [9.17, 15) is 13.6 Å². The first-order valence-corrected chi connectivity index (χ1v) is 10.5. The minimum Gasteiger partial charge on any atom is -0.438 e. The number of carbonyl (C=O) groups is 1. The molecular weight excluding hydrogens is 448 g/mol.